The quantitative estimate of drug-likeness (QED) is 0.250. The van der Waals surface area contributed by atoms with Crippen molar-refractivity contribution in [2.75, 3.05) is 23.8 Å². The number of nitrogens with one attached hydrogen (secondary N) is 3. The lowest BCUT2D eigenvalue weighted by Gasteiger charge is -2.11. The van der Waals surface area contributed by atoms with Crippen LogP contribution in [0.5, 0.6) is 5.75 Å². The number of anilines is 2. The summed E-state index contributed by atoms with van der Waals surface area (Å²) < 4.78 is 5.81. The molecule has 0 radical (unpaired) electrons. The molecule has 0 spiro atoms. The van der Waals surface area contributed by atoms with Crippen LogP contribution in [0.15, 0.2) is 78.9 Å². The van der Waals surface area contributed by atoms with Crippen LogP contribution >= 0.6 is 0 Å². The third-order valence-electron chi connectivity index (χ3n) is 5.53. The lowest BCUT2D eigenvalue weighted by molar-refractivity contribution is -0.114. The Hall–Kier alpha value is -3.80. The summed E-state index contributed by atoms with van der Waals surface area (Å²) in [7, 11) is 0. The number of unbranched alkanes of at least 4 members (excludes halogenated alkanes) is 4. The second kappa shape index (κ2) is 14.5. The van der Waals surface area contributed by atoms with Crippen molar-refractivity contribution in [2.24, 2.45) is 0 Å². The monoisotopic (exact) mass is 473 g/mol. The molecule has 0 heterocycles. The third-order valence-corrected chi connectivity index (χ3v) is 5.53. The van der Waals surface area contributed by atoms with E-state index in [-0.39, 0.29) is 18.4 Å². The fourth-order valence-electron chi connectivity index (χ4n) is 3.57. The van der Waals surface area contributed by atoms with E-state index in [1.54, 1.807) is 24.3 Å². The van der Waals surface area contributed by atoms with Crippen LogP contribution in [0, 0.1) is 0 Å². The van der Waals surface area contributed by atoms with E-state index in [9.17, 15) is 9.59 Å². The average molecular weight is 474 g/mol. The maximum absolute atomic E-state index is 12.4. The first-order valence-corrected chi connectivity index (χ1v) is 12.3. The molecule has 3 N–H and O–H groups in total. The molecule has 184 valence electrons. The van der Waals surface area contributed by atoms with Gasteiger partial charge in [-0.2, -0.15) is 0 Å². The van der Waals surface area contributed by atoms with Crippen LogP contribution in [0.25, 0.3) is 0 Å². The summed E-state index contributed by atoms with van der Waals surface area (Å²) in [6.45, 7) is 3.48. The summed E-state index contributed by atoms with van der Waals surface area (Å²) in [5.74, 6) is 0.458. The van der Waals surface area contributed by atoms with Gasteiger partial charge in [0.1, 0.15) is 5.75 Å². The van der Waals surface area contributed by atoms with E-state index in [4.69, 9.17) is 4.74 Å². The molecular weight excluding hydrogens is 438 g/mol. The molecule has 0 aromatic heterocycles. The van der Waals surface area contributed by atoms with Crippen LogP contribution in [0.4, 0.5) is 11.4 Å². The van der Waals surface area contributed by atoms with Crippen LogP contribution in [-0.4, -0.2) is 25.0 Å². The number of ether oxygens (including phenoxy) is 1. The number of carbonyl (C=O) groups excluding carboxylic acids is 2. The Morgan fingerprint density at radius 1 is 0.800 bits per heavy atom. The number of amides is 2. The van der Waals surface area contributed by atoms with Crippen molar-refractivity contribution in [2.45, 2.75) is 45.6 Å². The number of hydrogen-bond acceptors (Lipinski definition) is 4. The normalized spacial score (nSPS) is 10.4. The SMILES string of the molecule is CCCCCCCOc1cccc(NC(=O)CNc2ccc(C(=O)NCc3ccccc3)cc2)c1. The highest BCUT2D eigenvalue weighted by Gasteiger charge is 2.07. The van der Waals surface area contributed by atoms with E-state index in [1.807, 2.05) is 54.6 Å². The maximum atomic E-state index is 12.4. The molecule has 0 aliphatic heterocycles. The van der Waals surface area contributed by atoms with Crippen molar-refractivity contribution in [1.29, 1.82) is 0 Å². The first-order chi connectivity index (χ1) is 17.1. The second-order valence-electron chi connectivity index (χ2n) is 8.44. The second-order valence-corrected chi connectivity index (χ2v) is 8.44. The van der Waals surface area contributed by atoms with E-state index in [1.165, 1.54) is 25.7 Å². The molecule has 6 nitrogen and oxygen atoms in total. The molecular formula is C29H35N3O3. The zero-order valence-corrected chi connectivity index (χ0v) is 20.4. The summed E-state index contributed by atoms with van der Waals surface area (Å²) in [6.07, 6.45) is 5.95. The molecule has 2 amide bonds. The van der Waals surface area contributed by atoms with Crippen LogP contribution in [0.2, 0.25) is 0 Å². The summed E-state index contributed by atoms with van der Waals surface area (Å²) in [5, 5.41) is 8.88. The fraction of sp³-hybridized carbons (Fsp3) is 0.310. The molecule has 0 saturated carbocycles. The zero-order valence-electron chi connectivity index (χ0n) is 20.4. The molecule has 0 aliphatic rings. The Kier molecular flexibility index (Phi) is 10.7. The zero-order chi connectivity index (χ0) is 24.7. The lowest BCUT2D eigenvalue weighted by atomic mass is 10.1. The van der Waals surface area contributed by atoms with Gasteiger partial charge in [-0.25, -0.2) is 0 Å². The standard InChI is InChI=1S/C29H35N3O3/c1-2-3-4-5-9-19-35-27-14-10-13-26(20-27)32-28(33)22-30-25-17-15-24(16-18-25)29(34)31-21-23-11-7-6-8-12-23/h6-8,10-18,20,30H,2-5,9,19,21-22H2,1H3,(H,31,34)(H,32,33). The molecule has 0 saturated heterocycles. The Morgan fingerprint density at radius 2 is 1.57 bits per heavy atom. The average Bonchev–Trinajstić information content (AvgIpc) is 2.89. The third kappa shape index (κ3) is 9.53. The highest BCUT2D eigenvalue weighted by Crippen LogP contribution is 2.18. The van der Waals surface area contributed by atoms with Crippen LogP contribution in [0.3, 0.4) is 0 Å². The highest BCUT2D eigenvalue weighted by atomic mass is 16.5. The van der Waals surface area contributed by atoms with E-state index in [0.717, 1.165) is 23.4 Å². The minimum atomic E-state index is -0.161. The highest BCUT2D eigenvalue weighted by molar-refractivity contribution is 5.95. The first-order valence-electron chi connectivity index (χ1n) is 12.3. The fourth-order valence-corrected chi connectivity index (χ4v) is 3.57. The van der Waals surface area contributed by atoms with Gasteiger partial charge in [-0.3, -0.25) is 9.59 Å². The van der Waals surface area contributed by atoms with Crippen LogP contribution < -0.4 is 20.7 Å². The summed E-state index contributed by atoms with van der Waals surface area (Å²) >= 11 is 0. The van der Waals surface area contributed by atoms with Gasteiger partial charge in [0.2, 0.25) is 5.91 Å². The number of carbonyl (C=O) groups is 2. The van der Waals surface area contributed by atoms with Crippen LogP contribution in [0.1, 0.15) is 54.9 Å². The Bertz CT molecular complexity index is 1050. The number of rotatable bonds is 14. The Balaban J connectivity index is 1.39. The number of benzene rings is 3. The van der Waals surface area contributed by atoms with Gasteiger partial charge < -0.3 is 20.7 Å². The predicted octanol–water partition coefficient (Wildman–Crippen LogP) is 6.02. The molecule has 3 aromatic rings. The van der Waals surface area contributed by atoms with Gasteiger partial charge in [0.05, 0.1) is 13.2 Å². The van der Waals surface area contributed by atoms with Crippen molar-refractivity contribution in [1.82, 2.24) is 5.32 Å². The predicted molar refractivity (Wildman–Crippen MR) is 142 cm³/mol. The van der Waals surface area contributed by atoms with Crippen molar-refractivity contribution < 1.29 is 14.3 Å². The van der Waals surface area contributed by atoms with E-state index >= 15 is 0 Å². The summed E-state index contributed by atoms with van der Waals surface area (Å²) in [5.41, 5.74) is 3.08. The maximum Gasteiger partial charge on any atom is 0.251 e. The van der Waals surface area contributed by atoms with E-state index in [0.29, 0.717) is 24.4 Å². The molecule has 0 bridgehead atoms. The first kappa shape index (κ1) is 25.8. The van der Waals surface area contributed by atoms with Crippen LogP contribution in [-0.2, 0) is 11.3 Å². The molecule has 0 atom stereocenters. The van der Waals surface area contributed by atoms with Crippen molar-refractivity contribution >= 4 is 23.2 Å². The summed E-state index contributed by atoms with van der Waals surface area (Å²) in [4.78, 5) is 24.7. The topological polar surface area (TPSA) is 79.5 Å². The Labute approximate surface area is 208 Å². The van der Waals surface area contributed by atoms with Gasteiger partial charge in [0.25, 0.3) is 5.91 Å². The molecule has 3 aromatic carbocycles. The molecule has 3 rings (SSSR count). The van der Waals surface area contributed by atoms with Crippen molar-refractivity contribution in [3.05, 3.63) is 90.0 Å². The lowest BCUT2D eigenvalue weighted by Crippen LogP contribution is -2.23. The minimum Gasteiger partial charge on any atom is -0.494 e. The van der Waals surface area contributed by atoms with Crippen molar-refractivity contribution in [3.63, 3.8) is 0 Å². The van der Waals surface area contributed by atoms with Gasteiger partial charge >= 0.3 is 0 Å². The van der Waals surface area contributed by atoms with Gasteiger partial charge in [0, 0.05) is 29.5 Å². The Morgan fingerprint density at radius 3 is 2.34 bits per heavy atom. The molecule has 35 heavy (non-hydrogen) atoms. The molecule has 0 fully saturated rings. The largest absolute Gasteiger partial charge is 0.494 e. The summed E-state index contributed by atoms with van der Waals surface area (Å²) in [6, 6.07) is 24.3. The number of hydrogen-bond donors (Lipinski definition) is 3. The minimum absolute atomic E-state index is 0.113. The smallest absolute Gasteiger partial charge is 0.251 e. The molecule has 6 heteroatoms. The molecule has 0 aliphatic carbocycles. The van der Waals surface area contributed by atoms with Gasteiger partial charge in [0.15, 0.2) is 0 Å². The van der Waals surface area contributed by atoms with Gasteiger partial charge in [-0.1, -0.05) is 69.0 Å². The van der Waals surface area contributed by atoms with Crippen molar-refractivity contribution in [3.8, 4) is 5.75 Å². The van der Waals surface area contributed by atoms with E-state index < -0.39 is 0 Å². The molecule has 0 unspecified atom stereocenters. The van der Waals surface area contributed by atoms with Gasteiger partial charge in [-0.15, -0.1) is 0 Å². The van der Waals surface area contributed by atoms with Gasteiger partial charge in [-0.05, 0) is 48.4 Å². The van der Waals surface area contributed by atoms with E-state index in [2.05, 4.69) is 22.9 Å².